The van der Waals surface area contributed by atoms with Crippen LogP contribution < -0.4 is 0 Å². The van der Waals surface area contributed by atoms with E-state index < -0.39 is 6.09 Å². The maximum Gasteiger partial charge on any atom is 0.430 e. The SMILES string of the molecule is CCCN(N=O)C(=O)O. The van der Waals surface area contributed by atoms with Crippen LogP contribution in [0.2, 0.25) is 0 Å². The second-order valence-corrected chi connectivity index (χ2v) is 1.49. The van der Waals surface area contributed by atoms with Crippen molar-refractivity contribution in [1.82, 2.24) is 5.01 Å². The molecule has 0 fully saturated rings. The number of rotatable bonds is 3. The fourth-order valence-electron chi connectivity index (χ4n) is 0.383. The molecule has 0 bridgehead atoms. The average molecular weight is 132 g/mol. The zero-order valence-corrected chi connectivity index (χ0v) is 5.07. The third kappa shape index (κ3) is 2.63. The summed E-state index contributed by atoms with van der Waals surface area (Å²) < 4.78 is 0. The molecule has 1 N–H and O–H groups in total. The maximum atomic E-state index is 9.95. The summed E-state index contributed by atoms with van der Waals surface area (Å²) in [5.41, 5.74) is 0. The molecule has 0 aliphatic carbocycles. The van der Waals surface area contributed by atoms with Gasteiger partial charge in [-0.15, -0.1) is 4.91 Å². The van der Waals surface area contributed by atoms with Crippen LogP contribution in [0.3, 0.4) is 0 Å². The predicted molar refractivity (Wildman–Crippen MR) is 30.8 cm³/mol. The highest BCUT2D eigenvalue weighted by molar-refractivity contribution is 5.64. The molecule has 0 heterocycles. The Morgan fingerprint density at radius 3 is 2.44 bits per heavy atom. The molecule has 5 heteroatoms. The monoisotopic (exact) mass is 132 g/mol. The Morgan fingerprint density at radius 2 is 2.33 bits per heavy atom. The van der Waals surface area contributed by atoms with E-state index in [1.54, 1.807) is 6.92 Å². The van der Waals surface area contributed by atoms with Crippen molar-refractivity contribution in [2.24, 2.45) is 5.29 Å². The van der Waals surface area contributed by atoms with Gasteiger partial charge in [0.25, 0.3) is 0 Å². The number of carbonyl (C=O) groups is 1. The number of nitroso groups, excluding NO2 is 1. The minimum Gasteiger partial charge on any atom is -0.464 e. The first-order valence-electron chi connectivity index (χ1n) is 2.56. The van der Waals surface area contributed by atoms with Crippen molar-refractivity contribution in [3.05, 3.63) is 4.91 Å². The van der Waals surface area contributed by atoms with Gasteiger partial charge in [-0.05, 0) is 6.42 Å². The molecule has 0 aromatic carbocycles. The molecule has 0 rings (SSSR count). The summed E-state index contributed by atoms with van der Waals surface area (Å²) in [5, 5.41) is 10.9. The minimum atomic E-state index is -1.30. The second kappa shape index (κ2) is 3.82. The van der Waals surface area contributed by atoms with Crippen molar-refractivity contribution >= 4 is 6.09 Å². The van der Waals surface area contributed by atoms with E-state index in [4.69, 9.17) is 5.11 Å². The first-order valence-corrected chi connectivity index (χ1v) is 2.56. The van der Waals surface area contributed by atoms with Crippen molar-refractivity contribution < 1.29 is 9.90 Å². The summed E-state index contributed by atoms with van der Waals surface area (Å²) in [7, 11) is 0. The molecular formula is C4H8N2O3. The van der Waals surface area contributed by atoms with Crippen molar-refractivity contribution in [3.63, 3.8) is 0 Å². The van der Waals surface area contributed by atoms with Crippen LogP contribution in [0, 0.1) is 4.91 Å². The van der Waals surface area contributed by atoms with Crippen LogP contribution in [0.5, 0.6) is 0 Å². The largest absolute Gasteiger partial charge is 0.464 e. The van der Waals surface area contributed by atoms with Crippen LogP contribution in [0.4, 0.5) is 4.79 Å². The highest BCUT2D eigenvalue weighted by atomic mass is 16.4. The number of amides is 1. The summed E-state index contributed by atoms with van der Waals surface area (Å²) in [4.78, 5) is 19.6. The summed E-state index contributed by atoms with van der Waals surface area (Å²) >= 11 is 0. The molecule has 0 atom stereocenters. The van der Waals surface area contributed by atoms with Gasteiger partial charge in [-0.1, -0.05) is 6.92 Å². The van der Waals surface area contributed by atoms with Crippen LogP contribution in [0.25, 0.3) is 0 Å². The van der Waals surface area contributed by atoms with Gasteiger partial charge in [-0.25, -0.2) is 4.79 Å². The lowest BCUT2D eigenvalue weighted by atomic mass is 10.5. The Bertz CT molecular complexity index is 114. The first-order chi connectivity index (χ1) is 4.22. The van der Waals surface area contributed by atoms with Crippen molar-refractivity contribution in [3.8, 4) is 0 Å². The second-order valence-electron chi connectivity index (χ2n) is 1.49. The third-order valence-corrected chi connectivity index (χ3v) is 0.755. The van der Waals surface area contributed by atoms with Gasteiger partial charge < -0.3 is 5.11 Å². The van der Waals surface area contributed by atoms with Crippen LogP contribution in [-0.2, 0) is 0 Å². The molecule has 0 saturated heterocycles. The van der Waals surface area contributed by atoms with Crippen LogP contribution >= 0.6 is 0 Å². The normalized spacial score (nSPS) is 8.56. The van der Waals surface area contributed by atoms with Crippen molar-refractivity contribution in [2.45, 2.75) is 13.3 Å². The Balaban J connectivity index is 3.68. The predicted octanol–water partition coefficient (Wildman–Crippen LogP) is 1.06. The molecule has 0 spiro atoms. The maximum absolute atomic E-state index is 9.95. The van der Waals surface area contributed by atoms with E-state index in [1.165, 1.54) is 0 Å². The quantitative estimate of drug-likeness (QED) is 0.461. The van der Waals surface area contributed by atoms with E-state index in [9.17, 15) is 9.70 Å². The Morgan fingerprint density at radius 1 is 1.78 bits per heavy atom. The van der Waals surface area contributed by atoms with Crippen molar-refractivity contribution in [1.29, 1.82) is 0 Å². The molecular weight excluding hydrogens is 124 g/mol. The molecule has 0 aromatic heterocycles. The van der Waals surface area contributed by atoms with Gasteiger partial charge in [0.2, 0.25) is 0 Å². The molecule has 5 nitrogen and oxygen atoms in total. The molecule has 0 radical (unpaired) electrons. The van der Waals surface area contributed by atoms with E-state index >= 15 is 0 Å². The smallest absolute Gasteiger partial charge is 0.430 e. The highest BCUT2D eigenvalue weighted by Gasteiger charge is 2.08. The van der Waals surface area contributed by atoms with Gasteiger partial charge in [-0.3, -0.25) is 0 Å². The van der Waals surface area contributed by atoms with Gasteiger partial charge >= 0.3 is 6.09 Å². The number of hydrogen-bond donors (Lipinski definition) is 1. The Labute approximate surface area is 52.2 Å². The molecule has 0 unspecified atom stereocenters. The molecule has 9 heavy (non-hydrogen) atoms. The zero-order chi connectivity index (χ0) is 7.28. The Kier molecular flexibility index (Phi) is 3.34. The Hall–Kier alpha value is -1.13. The summed E-state index contributed by atoms with van der Waals surface area (Å²) in [6.07, 6.45) is -0.704. The summed E-state index contributed by atoms with van der Waals surface area (Å²) in [6, 6.07) is 0. The van der Waals surface area contributed by atoms with E-state index in [-0.39, 0.29) is 6.54 Å². The molecule has 0 aliphatic heterocycles. The topological polar surface area (TPSA) is 70.0 Å². The van der Waals surface area contributed by atoms with E-state index in [0.717, 1.165) is 0 Å². The summed E-state index contributed by atoms with van der Waals surface area (Å²) in [6.45, 7) is 1.93. The number of carboxylic acid groups (broad SMARTS) is 1. The molecule has 0 saturated carbocycles. The average Bonchev–Trinajstić information content (AvgIpc) is 1.82. The van der Waals surface area contributed by atoms with E-state index in [0.29, 0.717) is 11.4 Å². The fourth-order valence-corrected chi connectivity index (χ4v) is 0.383. The van der Waals surface area contributed by atoms with Crippen LogP contribution in [0.15, 0.2) is 5.29 Å². The molecule has 0 aliphatic rings. The molecule has 1 amide bonds. The minimum absolute atomic E-state index is 0.166. The van der Waals surface area contributed by atoms with Gasteiger partial charge in [0.05, 0.1) is 11.8 Å². The van der Waals surface area contributed by atoms with Gasteiger partial charge in [0.1, 0.15) is 0 Å². The lowest BCUT2D eigenvalue weighted by molar-refractivity contribution is 0.146. The van der Waals surface area contributed by atoms with Gasteiger partial charge in [0, 0.05) is 0 Å². The van der Waals surface area contributed by atoms with Crippen molar-refractivity contribution in [2.75, 3.05) is 6.54 Å². The zero-order valence-electron chi connectivity index (χ0n) is 5.07. The van der Waals surface area contributed by atoms with Crippen LogP contribution in [-0.4, -0.2) is 22.8 Å². The van der Waals surface area contributed by atoms with Crippen LogP contribution in [0.1, 0.15) is 13.3 Å². The third-order valence-electron chi connectivity index (χ3n) is 0.755. The summed E-state index contributed by atoms with van der Waals surface area (Å²) in [5.74, 6) is 0. The van der Waals surface area contributed by atoms with E-state index in [2.05, 4.69) is 5.29 Å². The standard InChI is InChI=1S/C4H8N2O3/c1-2-3-6(5-9)4(7)8/h2-3H2,1H3,(H,7,8). The first kappa shape index (κ1) is 7.87. The lowest BCUT2D eigenvalue weighted by Gasteiger charge is -2.04. The fraction of sp³-hybridized carbons (Fsp3) is 0.750. The molecule has 0 aromatic rings. The van der Waals surface area contributed by atoms with Gasteiger partial charge in [0.15, 0.2) is 0 Å². The van der Waals surface area contributed by atoms with E-state index in [1.807, 2.05) is 0 Å². The van der Waals surface area contributed by atoms with Gasteiger partial charge in [-0.2, -0.15) is 5.01 Å². The highest BCUT2D eigenvalue weighted by Crippen LogP contribution is 1.90. The number of nitrogens with zero attached hydrogens (tertiary/aromatic N) is 2. The molecule has 52 valence electrons. The lowest BCUT2D eigenvalue weighted by Crippen LogP contribution is -2.23. The number of hydrogen-bond acceptors (Lipinski definition) is 3.